The van der Waals surface area contributed by atoms with Gasteiger partial charge in [-0.25, -0.2) is 19.9 Å². The fourth-order valence-corrected chi connectivity index (χ4v) is 4.09. The second-order valence-corrected chi connectivity index (χ2v) is 10.1. The molecule has 2 aromatic heterocycles. The van der Waals surface area contributed by atoms with Crippen LogP contribution in [0.25, 0.3) is 0 Å². The van der Waals surface area contributed by atoms with Gasteiger partial charge in [0.15, 0.2) is 0 Å². The zero-order valence-electron chi connectivity index (χ0n) is 19.8. The quantitative estimate of drug-likeness (QED) is 0.616. The molecule has 0 amide bonds. The Labute approximate surface area is 198 Å². The summed E-state index contributed by atoms with van der Waals surface area (Å²) in [4.78, 5) is 23.1. The average Bonchev–Trinajstić information content (AvgIpc) is 2.71. The van der Waals surface area contributed by atoms with Crippen LogP contribution >= 0.6 is 12.4 Å². The second-order valence-electron chi connectivity index (χ2n) is 10.1. The van der Waals surface area contributed by atoms with Gasteiger partial charge in [0.2, 0.25) is 0 Å². The van der Waals surface area contributed by atoms with E-state index in [2.05, 4.69) is 53.5 Å². The van der Waals surface area contributed by atoms with Gasteiger partial charge in [0.25, 0.3) is 0 Å². The summed E-state index contributed by atoms with van der Waals surface area (Å²) < 4.78 is 5.72. The first kappa shape index (κ1) is 24.6. The fraction of sp³-hybridized carbons (Fsp3) is 0.667. The molecule has 32 heavy (non-hydrogen) atoms. The lowest BCUT2D eigenvalue weighted by Gasteiger charge is -2.37. The molecule has 1 saturated heterocycles. The zero-order valence-corrected chi connectivity index (χ0v) is 20.6. The van der Waals surface area contributed by atoms with Crippen molar-refractivity contribution >= 4 is 18.2 Å². The number of piperazine rings is 1. The van der Waals surface area contributed by atoms with E-state index in [1.807, 2.05) is 0 Å². The van der Waals surface area contributed by atoms with Crippen molar-refractivity contribution in [2.24, 2.45) is 5.92 Å². The second kappa shape index (κ2) is 10.8. The molecule has 0 N–H and O–H groups in total. The summed E-state index contributed by atoms with van der Waals surface area (Å²) in [5, 5.41) is 0. The molecule has 0 unspecified atom stereocenters. The van der Waals surface area contributed by atoms with E-state index in [0.717, 1.165) is 44.4 Å². The normalized spacial score (nSPS) is 18.6. The predicted molar refractivity (Wildman–Crippen MR) is 130 cm³/mol. The van der Waals surface area contributed by atoms with Gasteiger partial charge in [0.05, 0.1) is 6.61 Å². The first-order chi connectivity index (χ1) is 14.9. The predicted octanol–water partition coefficient (Wildman–Crippen LogP) is 4.09. The maximum absolute atomic E-state index is 5.72. The molecule has 2 aliphatic rings. The summed E-state index contributed by atoms with van der Waals surface area (Å²) in [5.74, 6) is 3.13. The fourth-order valence-electron chi connectivity index (χ4n) is 4.09. The monoisotopic (exact) mass is 460 g/mol. The molecule has 7 nitrogen and oxygen atoms in total. The highest BCUT2D eigenvalue weighted by Crippen LogP contribution is 2.37. The van der Waals surface area contributed by atoms with Crippen LogP contribution in [0.3, 0.4) is 0 Å². The van der Waals surface area contributed by atoms with Crippen LogP contribution in [-0.2, 0) is 5.41 Å². The minimum Gasteiger partial charge on any atom is -0.463 e. The minimum atomic E-state index is -0.0335. The van der Waals surface area contributed by atoms with Gasteiger partial charge < -0.3 is 9.64 Å². The van der Waals surface area contributed by atoms with Crippen molar-refractivity contribution in [3.05, 3.63) is 36.0 Å². The van der Waals surface area contributed by atoms with E-state index in [1.165, 1.54) is 25.0 Å². The number of rotatable bonds is 7. The molecule has 0 spiro atoms. The molecule has 0 bridgehead atoms. The largest absolute Gasteiger partial charge is 0.463 e. The van der Waals surface area contributed by atoms with Crippen LogP contribution in [0.2, 0.25) is 0 Å². The van der Waals surface area contributed by atoms with Crippen LogP contribution in [-0.4, -0.2) is 64.2 Å². The van der Waals surface area contributed by atoms with Crippen molar-refractivity contribution in [1.29, 1.82) is 0 Å². The molecule has 176 valence electrons. The molecule has 1 aliphatic heterocycles. The number of ether oxygens (including phenoxy) is 1. The zero-order chi connectivity index (χ0) is 21.8. The Kier molecular flexibility index (Phi) is 8.28. The minimum absolute atomic E-state index is 0. The molecule has 2 fully saturated rings. The molecule has 3 heterocycles. The number of hydrogen-bond acceptors (Lipinski definition) is 7. The van der Waals surface area contributed by atoms with Crippen LogP contribution in [0.4, 0.5) is 5.82 Å². The van der Waals surface area contributed by atoms with Gasteiger partial charge in [-0.1, -0.05) is 34.1 Å². The highest BCUT2D eigenvalue weighted by Gasteiger charge is 2.28. The maximum atomic E-state index is 5.72. The van der Waals surface area contributed by atoms with E-state index in [9.17, 15) is 0 Å². The van der Waals surface area contributed by atoms with Gasteiger partial charge in [-0.3, -0.25) is 4.90 Å². The first-order valence-corrected chi connectivity index (χ1v) is 11.6. The van der Waals surface area contributed by atoms with E-state index in [4.69, 9.17) is 14.7 Å². The lowest BCUT2D eigenvalue weighted by atomic mass is 9.82. The molecular formula is C24H37ClN6O. The number of nitrogens with zero attached hydrogens (tertiary/aromatic N) is 6. The average molecular weight is 461 g/mol. The van der Waals surface area contributed by atoms with Gasteiger partial charge in [0, 0.05) is 74.1 Å². The molecule has 2 aromatic rings. The van der Waals surface area contributed by atoms with E-state index < -0.39 is 0 Å². The summed E-state index contributed by atoms with van der Waals surface area (Å²) in [6.45, 7) is 14.6. The van der Waals surface area contributed by atoms with Gasteiger partial charge >= 0.3 is 6.01 Å². The standard InChI is InChI=1S/C24H36N6O.ClH/c1-18(17-31-23-25-9-6-10-26-23)16-29-11-13-30(14-12-29)21-15-20(19-7-5-8-19)27-22(28-21)24(2,3)4;/h6,9-10,15,18-19H,5,7-8,11-14,16-17H2,1-4H3;1H/t18-;/m1./s1. The molecule has 0 radical (unpaired) electrons. The molecule has 8 heteroatoms. The Balaban J connectivity index is 0.00000289. The van der Waals surface area contributed by atoms with E-state index in [1.54, 1.807) is 18.5 Å². The van der Waals surface area contributed by atoms with Gasteiger partial charge in [0.1, 0.15) is 11.6 Å². The molecular weight excluding hydrogens is 424 g/mol. The van der Waals surface area contributed by atoms with Crippen molar-refractivity contribution in [2.45, 2.75) is 58.3 Å². The van der Waals surface area contributed by atoms with Crippen LogP contribution < -0.4 is 9.64 Å². The van der Waals surface area contributed by atoms with Crippen LogP contribution in [0.1, 0.15) is 64.4 Å². The number of anilines is 1. The summed E-state index contributed by atoms with van der Waals surface area (Å²) in [6, 6.07) is 4.51. The Hall–Kier alpha value is -1.99. The van der Waals surface area contributed by atoms with Crippen molar-refractivity contribution in [1.82, 2.24) is 24.8 Å². The van der Waals surface area contributed by atoms with E-state index >= 15 is 0 Å². The smallest absolute Gasteiger partial charge is 0.316 e. The summed E-state index contributed by atoms with van der Waals surface area (Å²) in [7, 11) is 0. The number of hydrogen-bond donors (Lipinski definition) is 0. The van der Waals surface area contributed by atoms with Gasteiger partial charge in [-0.2, -0.15) is 0 Å². The third-order valence-corrected chi connectivity index (χ3v) is 6.23. The molecule has 1 atom stereocenters. The Morgan fingerprint density at radius 1 is 1.06 bits per heavy atom. The van der Waals surface area contributed by atoms with E-state index in [-0.39, 0.29) is 17.8 Å². The Bertz CT molecular complexity index is 847. The lowest BCUT2D eigenvalue weighted by molar-refractivity contribution is 0.172. The highest BCUT2D eigenvalue weighted by atomic mass is 35.5. The third kappa shape index (κ3) is 6.29. The van der Waals surface area contributed by atoms with Crippen molar-refractivity contribution in [3.63, 3.8) is 0 Å². The number of halogens is 1. The Morgan fingerprint density at radius 3 is 2.34 bits per heavy atom. The van der Waals surface area contributed by atoms with Gasteiger partial charge in [-0.05, 0) is 18.9 Å². The van der Waals surface area contributed by atoms with E-state index in [0.29, 0.717) is 24.5 Å². The lowest BCUT2D eigenvalue weighted by Crippen LogP contribution is -2.48. The van der Waals surface area contributed by atoms with Crippen LogP contribution in [0, 0.1) is 5.92 Å². The molecule has 4 rings (SSSR count). The maximum Gasteiger partial charge on any atom is 0.316 e. The summed E-state index contributed by atoms with van der Waals surface area (Å²) in [5.41, 5.74) is 1.21. The topological polar surface area (TPSA) is 67.3 Å². The summed E-state index contributed by atoms with van der Waals surface area (Å²) in [6.07, 6.45) is 7.27. The Morgan fingerprint density at radius 2 is 1.75 bits per heavy atom. The van der Waals surface area contributed by atoms with Crippen LogP contribution in [0.5, 0.6) is 6.01 Å². The third-order valence-electron chi connectivity index (χ3n) is 6.23. The van der Waals surface area contributed by atoms with Crippen molar-refractivity contribution in [2.75, 3.05) is 44.2 Å². The van der Waals surface area contributed by atoms with Crippen molar-refractivity contribution in [3.8, 4) is 6.01 Å². The molecule has 0 aromatic carbocycles. The van der Waals surface area contributed by atoms with Crippen LogP contribution in [0.15, 0.2) is 24.5 Å². The molecule has 1 aliphatic carbocycles. The van der Waals surface area contributed by atoms with Gasteiger partial charge in [-0.15, -0.1) is 12.4 Å². The first-order valence-electron chi connectivity index (χ1n) is 11.6. The number of aromatic nitrogens is 4. The van der Waals surface area contributed by atoms with Crippen molar-refractivity contribution < 1.29 is 4.74 Å². The summed E-state index contributed by atoms with van der Waals surface area (Å²) >= 11 is 0. The molecule has 1 saturated carbocycles. The SMILES string of the molecule is C[C@@H](COc1ncccn1)CN1CCN(c2cc(C3CCC3)nc(C(C)(C)C)n2)CC1.Cl. The highest BCUT2D eigenvalue weighted by molar-refractivity contribution is 5.85.